The van der Waals surface area contributed by atoms with Crippen molar-refractivity contribution in [2.75, 3.05) is 0 Å². The molecule has 0 saturated heterocycles. The fourth-order valence-corrected chi connectivity index (χ4v) is 2.24. The van der Waals surface area contributed by atoms with Gasteiger partial charge in [-0.2, -0.15) is 0 Å². The molecule has 20 heavy (non-hydrogen) atoms. The summed E-state index contributed by atoms with van der Waals surface area (Å²) in [5, 5.41) is 0. The average molecular weight is 270 g/mol. The Kier molecular flexibility index (Phi) is 4.33. The molecule has 0 aliphatic rings. The first-order valence-electron chi connectivity index (χ1n) is 6.85. The Labute approximate surface area is 119 Å². The molecule has 2 rings (SSSR count). The molecule has 0 N–H and O–H groups in total. The van der Waals surface area contributed by atoms with Gasteiger partial charge in [-0.25, -0.2) is 4.39 Å². The Balaban J connectivity index is 2.15. The molecule has 0 radical (unpaired) electrons. The summed E-state index contributed by atoms with van der Waals surface area (Å²) in [6.45, 7) is 6.04. The van der Waals surface area contributed by atoms with Crippen LogP contribution in [0.4, 0.5) is 4.39 Å². The van der Waals surface area contributed by atoms with Crippen LogP contribution in [0.1, 0.15) is 46.8 Å². The van der Waals surface area contributed by atoms with E-state index in [0.29, 0.717) is 23.5 Å². The van der Waals surface area contributed by atoms with Gasteiger partial charge < -0.3 is 0 Å². The summed E-state index contributed by atoms with van der Waals surface area (Å²) < 4.78 is 13.0. The SMILES string of the molecule is Cc1cc(F)ccc1C(=O)Cc1ccc(C(C)C)cc1. The number of carbonyl (C=O) groups excluding carboxylic acids is 1. The second kappa shape index (κ2) is 6.00. The lowest BCUT2D eigenvalue weighted by molar-refractivity contribution is 0.0992. The summed E-state index contributed by atoms with van der Waals surface area (Å²) in [5.74, 6) is 0.208. The van der Waals surface area contributed by atoms with Gasteiger partial charge in [0.1, 0.15) is 5.82 Å². The smallest absolute Gasteiger partial charge is 0.167 e. The second-order valence-electron chi connectivity index (χ2n) is 5.46. The third-order valence-electron chi connectivity index (χ3n) is 3.50. The van der Waals surface area contributed by atoms with E-state index >= 15 is 0 Å². The first kappa shape index (κ1) is 14.4. The van der Waals surface area contributed by atoms with E-state index in [0.717, 1.165) is 5.56 Å². The summed E-state index contributed by atoms with van der Waals surface area (Å²) in [7, 11) is 0. The highest BCUT2D eigenvalue weighted by atomic mass is 19.1. The van der Waals surface area contributed by atoms with Crippen molar-refractivity contribution < 1.29 is 9.18 Å². The van der Waals surface area contributed by atoms with Crippen LogP contribution in [0, 0.1) is 12.7 Å². The van der Waals surface area contributed by atoms with E-state index < -0.39 is 0 Å². The molecule has 0 aliphatic carbocycles. The topological polar surface area (TPSA) is 17.1 Å². The molecule has 0 aliphatic heterocycles. The molecular weight excluding hydrogens is 251 g/mol. The zero-order valence-electron chi connectivity index (χ0n) is 12.1. The van der Waals surface area contributed by atoms with Gasteiger partial charge in [0.25, 0.3) is 0 Å². The van der Waals surface area contributed by atoms with Crippen LogP contribution in [0.3, 0.4) is 0 Å². The van der Waals surface area contributed by atoms with Gasteiger partial charge in [0.2, 0.25) is 0 Å². The highest BCUT2D eigenvalue weighted by Gasteiger charge is 2.11. The molecule has 1 nitrogen and oxygen atoms in total. The normalized spacial score (nSPS) is 10.8. The van der Waals surface area contributed by atoms with Crippen molar-refractivity contribution in [1.82, 2.24) is 0 Å². The molecule has 0 unspecified atom stereocenters. The Morgan fingerprint density at radius 1 is 1.10 bits per heavy atom. The van der Waals surface area contributed by atoms with Gasteiger partial charge in [0, 0.05) is 12.0 Å². The Hall–Kier alpha value is -1.96. The van der Waals surface area contributed by atoms with E-state index in [2.05, 4.69) is 26.0 Å². The molecule has 2 heteroatoms. The summed E-state index contributed by atoms with van der Waals surface area (Å²) in [6, 6.07) is 12.4. The van der Waals surface area contributed by atoms with Crippen LogP contribution in [0.5, 0.6) is 0 Å². The van der Waals surface area contributed by atoms with E-state index in [4.69, 9.17) is 0 Å². The number of Topliss-reactive ketones (excluding diaryl/α,β-unsaturated/α-hetero) is 1. The number of aryl methyl sites for hydroxylation is 1. The third-order valence-corrected chi connectivity index (χ3v) is 3.50. The van der Waals surface area contributed by atoms with Crippen LogP contribution < -0.4 is 0 Å². The van der Waals surface area contributed by atoms with E-state index in [-0.39, 0.29) is 11.6 Å². The first-order valence-corrected chi connectivity index (χ1v) is 6.85. The Morgan fingerprint density at radius 2 is 1.75 bits per heavy atom. The summed E-state index contributed by atoms with van der Waals surface area (Å²) in [4.78, 5) is 12.2. The minimum absolute atomic E-state index is 0.0276. The zero-order valence-corrected chi connectivity index (χ0v) is 12.1. The maximum atomic E-state index is 13.0. The predicted molar refractivity (Wildman–Crippen MR) is 79.7 cm³/mol. The second-order valence-corrected chi connectivity index (χ2v) is 5.46. The summed E-state index contributed by atoms with van der Waals surface area (Å²) in [5.41, 5.74) is 3.54. The van der Waals surface area contributed by atoms with Crippen LogP contribution >= 0.6 is 0 Å². The van der Waals surface area contributed by atoms with Gasteiger partial charge in [-0.3, -0.25) is 4.79 Å². The lowest BCUT2D eigenvalue weighted by Gasteiger charge is -2.08. The van der Waals surface area contributed by atoms with E-state index in [1.54, 1.807) is 13.0 Å². The molecule has 0 heterocycles. The predicted octanol–water partition coefficient (Wildman–Crippen LogP) is 4.68. The largest absolute Gasteiger partial charge is 0.294 e. The lowest BCUT2D eigenvalue weighted by atomic mass is 9.97. The molecule has 2 aromatic carbocycles. The van der Waals surface area contributed by atoms with Gasteiger partial charge in [-0.1, -0.05) is 38.1 Å². The molecule has 0 bridgehead atoms. The van der Waals surface area contributed by atoms with Crippen LogP contribution in [0.2, 0.25) is 0 Å². The monoisotopic (exact) mass is 270 g/mol. The molecule has 0 amide bonds. The zero-order chi connectivity index (χ0) is 14.7. The van der Waals surface area contributed by atoms with Crippen molar-refractivity contribution in [3.8, 4) is 0 Å². The lowest BCUT2D eigenvalue weighted by Crippen LogP contribution is -2.06. The molecule has 104 valence electrons. The minimum atomic E-state index is -0.305. The minimum Gasteiger partial charge on any atom is -0.294 e. The van der Waals surface area contributed by atoms with Crippen LogP contribution in [-0.4, -0.2) is 5.78 Å². The van der Waals surface area contributed by atoms with Crippen molar-refractivity contribution in [1.29, 1.82) is 0 Å². The fourth-order valence-electron chi connectivity index (χ4n) is 2.24. The Bertz CT molecular complexity index is 612. The number of carbonyl (C=O) groups is 1. The van der Waals surface area contributed by atoms with E-state index in [1.807, 2.05) is 12.1 Å². The maximum absolute atomic E-state index is 13.0. The highest BCUT2D eigenvalue weighted by molar-refractivity contribution is 5.98. The number of hydrogen-bond acceptors (Lipinski definition) is 1. The fraction of sp³-hybridized carbons (Fsp3) is 0.278. The number of rotatable bonds is 4. The molecule has 0 fully saturated rings. The van der Waals surface area contributed by atoms with Gasteiger partial charge >= 0.3 is 0 Å². The van der Waals surface area contributed by atoms with Gasteiger partial charge in [-0.05, 0) is 47.7 Å². The van der Waals surface area contributed by atoms with E-state index in [1.165, 1.54) is 17.7 Å². The number of halogens is 1. The van der Waals surface area contributed by atoms with Crippen molar-refractivity contribution in [3.05, 3.63) is 70.5 Å². The summed E-state index contributed by atoms with van der Waals surface area (Å²) in [6.07, 6.45) is 0.352. The third kappa shape index (κ3) is 3.32. The standard InChI is InChI=1S/C18H19FO/c1-12(2)15-6-4-14(5-7-15)11-18(20)17-9-8-16(19)10-13(17)3/h4-10,12H,11H2,1-3H3. The Morgan fingerprint density at radius 3 is 2.30 bits per heavy atom. The highest BCUT2D eigenvalue weighted by Crippen LogP contribution is 2.17. The maximum Gasteiger partial charge on any atom is 0.167 e. The van der Waals surface area contributed by atoms with Crippen molar-refractivity contribution >= 4 is 5.78 Å². The van der Waals surface area contributed by atoms with Crippen molar-refractivity contribution in [3.63, 3.8) is 0 Å². The van der Waals surface area contributed by atoms with Crippen LogP contribution in [0.15, 0.2) is 42.5 Å². The molecule has 0 atom stereocenters. The molecule has 2 aromatic rings. The van der Waals surface area contributed by atoms with Crippen molar-refractivity contribution in [2.45, 2.75) is 33.1 Å². The first-order chi connectivity index (χ1) is 9.47. The van der Waals surface area contributed by atoms with Gasteiger partial charge in [0.05, 0.1) is 0 Å². The average Bonchev–Trinajstić information content (AvgIpc) is 2.39. The summed E-state index contributed by atoms with van der Waals surface area (Å²) >= 11 is 0. The molecule has 0 aromatic heterocycles. The van der Waals surface area contributed by atoms with Crippen LogP contribution in [0.25, 0.3) is 0 Å². The van der Waals surface area contributed by atoms with Gasteiger partial charge in [-0.15, -0.1) is 0 Å². The molecule has 0 saturated carbocycles. The van der Waals surface area contributed by atoms with Crippen molar-refractivity contribution in [2.24, 2.45) is 0 Å². The number of hydrogen-bond donors (Lipinski definition) is 0. The molecular formula is C18H19FO. The molecule has 0 spiro atoms. The number of benzene rings is 2. The quantitative estimate of drug-likeness (QED) is 0.737. The van der Waals surface area contributed by atoms with Gasteiger partial charge in [0.15, 0.2) is 5.78 Å². The number of ketones is 1. The van der Waals surface area contributed by atoms with E-state index in [9.17, 15) is 9.18 Å². The van der Waals surface area contributed by atoms with Crippen LogP contribution in [-0.2, 0) is 6.42 Å².